The number of hydrogen-bond donors (Lipinski definition) is 2. The van der Waals surface area contributed by atoms with E-state index in [-0.39, 0.29) is 0 Å². The van der Waals surface area contributed by atoms with Gasteiger partial charge in [0, 0.05) is 5.56 Å². The van der Waals surface area contributed by atoms with E-state index in [0.29, 0.717) is 6.04 Å². The Bertz CT molecular complexity index is 299. The molecule has 15 heavy (non-hydrogen) atoms. The van der Waals surface area contributed by atoms with Crippen LogP contribution in [0.4, 0.5) is 0 Å². The quantitative estimate of drug-likeness (QED) is 0.652. The molecular formula is C13H22N2+2. The normalized spacial score (nSPS) is 20.1. The molecule has 0 amide bonds. The lowest BCUT2D eigenvalue weighted by Gasteiger charge is -2.28. The minimum absolute atomic E-state index is 0.652. The van der Waals surface area contributed by atoms with Crippen LogP contribution in [-0.2, 0) is 0 Å². The maximum atomic E-state index is 2.42. The number of piperazine rings is 1. The van der Waals surface area contributed by atoms with Gasteiger partial charge in [-0.05, 0) is 13.8 Å². The average Bonchev–Trinajstić information content (AvgIpc) is 2.30. The lowest BCUT2D eigenvalue weighted by atomic mass is 10.0. The summed E-state index contributed by atoms with van der Waals surface area (Å²) in [5.74, 6) is 0. The number of nitrogens with one attached hydrogen (secondary N) is 1. The van der Waals surface area contributed by atoms with Gasteiger partial charge in [0.2, 0.25) is 0 Å². The zero-order valence-corrected chi connectivity index (χ0v) is 9.79. The molecule has 3 N–H and O–H groups in total. The van der Waals surface area contributed by atoms with Gasteiger partial charge in [0.15, 0.2) is 0 Å². The van der Waals surface area contributed by atoms with E-state index in [1.54, 1.807) is 4.90 Å². The molecular weight excluding hydrogens is 184 g/mol. The molecule has 1 aromatic carbocycles. The minimum Gasteiger partial charge on any atom is -0.337 e. The molecule has 0 spiro atoms. The van der Waals surface area contributed by atoms with E-state index in [4.69, 9.17) is 0 Å². The molecule has 2 heteroatoms. The van der Waals surface area contributed by atoms with Crippen molar-refractivity contribution in [2.75, 3.05) is 26.2 Å². The van der Waals surface area contributed by atoms with Gasteiger partial charge in [-0.15, -0.1) is 0 Å². The van der Waals surface area contributed by atoms with Crippen molar-refractivity contribution in [1.82, 2.24) is 0 Å². The van der Waals surface area contributed by atoms with Gasteiger partial charge in [-0.1, -0.05) is 29.8 Å². The third-order valence-corrected chi connectivity index (χ3v) is 3.53. The molecule has 0 unspecified atom stereocenters. The van der Waals surface area contributed by atoms with Crippen molar-refractivity contribution in [2.45, 2.75) is 19.9 Å². The maximum Gasteiger partial charge on any atom is 0.127 e. The highest BCUT2D eigenvalue weighted by atomic mass is 15.2. The Balaban J connectivity index is 2.05. The van der Waals surface area contributed by atoms with Crippen LogP contribution < -0.4 is 10.2 Å². The van der Waals surface area contributed by atoms with Gasteiger partial charge < -0.3 is 10.2 Å². The molecule has 1 aliphatic heterocycles. The fourth-order valence-electron chi connectivity index (χ4n) is 2.37. The molecule has 2 rings (SSSR count). The zero-order valence-electron chi connectivity index (χ0n) is 9.79. The fourth-order valence-corrected chi connectivity index (χ4v) is 2.37. The molecule has 1 atom stereocenters. The van der Waals surface area contributed by atoms with Gasteiger partial charge in [-0.2, -0.15) is 0 Å². The highest BCUT2D eigenvalue weighted by Crippen LogP contribution is 2.10. The third kappa shape index (κ3) is 2.58. The first-order valence-corrected chi connectivity index (χ1v) is 6.00. The number of aryl methyl sites for hydroxylation is 1. The fraction of sp³-hybridized carbons (Fsp3) is 0.538. The third-order valence-electron chi connectivity index (χ3n) is 3.53. The zero-order chi connectivity index (χ0) is 10.7. The van der Waals surface area contributed by atoms with Crippen LogP contribution >= 0.6 is 0 Å². The van der Waals surface area contributed by atoms with E-state index >= 15 is 0 Å². The second-order valence-electron chi connectivity index (χ2n) is 4.66. The van der Waals surface area contributed by atoms with Crippen molar-refractivity contribution < 1.29 is 10.2 Å². The standard InChI is InChI=1S/C13H20N2/c1-11-3-5-13(6-4-11)12(2)15-9-7-14-8-10-15/h3-6,12,14H,7-10H2,1-2H3/p+2/t12-/m0/s1. The first kappa shape index (κ1) is 10.7. The van der Waals surface area contributed by atoms with Gasteiger partial charge in [0.25, 0.3) is 0 Å². The van der Waals surface area contributed by atoms with E-state index in [0.717, 1.165) is 0 Å². The van der Waals surface area contributed by atoms with Crippen LogP contribution in [0.2, 0.25) is 0 Å². The monoisotopic (exact) mass is 206 g/mol. The summed E-state index contributed by atoms with van der Waals surface area (Å²) in [4.78, 5) is 1.74. The van der Waals surface area contributed by atoms with E-state index < -0.39 is 0 Å². The van der Waals surface area contributed by atoms with E-state index in [1.165, 1.54) is 37.3 Å². The molecule has 0 radical (unpaired) electrons. The van der Waals surface area contributed by atoms with Crippen LogP contribution in [0.5, 0.6) is 0 Å². The number of rotatable bonds is 2. The molecule has 0 aliphatic carbocycles. The van der Waals surface area contributed by atoms with Crippen LogP contribution in [0.1, 0.15) is 24.1 Å². The van der Waals surface area contributed by atoms with Crippen LogP contribution in [0, 0.1) is 6.92 Å². The number of benzene rings is 1. The Kier molecular flexibility index (Phi) is 3.39. The summed E-state index contributed by atoms with van der Waals surface area (Å²) in [6.07, 6.45) is 0. The topological polar surface area (TPSA) is 21.1 Å². The highest BCUT2D eigenvalue weighted by molar-refractivity contribution is 5.22. The van der Waals surface area contributed by atoms with Crippen molar-refractivity contribution in [3.8, 4) is 0 Å². The minimum atomic E-state index is 0.652. The SMILES string of the molecule is Cc1ccc([C@H](C)[NH+]2CC[NH2+]CC2)cc1. The van der Waals surface area contributed by atoms with Crippen molar-refractivity contribution in [3.63, 3.8) is 0 Å². The summed E-state index contributed by atoms with van der Waals surface area (Å²) in [7, 11) is 0. The number of hydrogen-bond acceptors (Lipinski definition) is 0. The predicted molar refractivity (Wildman–Crippen MR) is 62.0 cm³/mol. The number of nitrogens with two attached hydrogens (primary N) is 1. The molecule has 1 aliphatic rings. The van der Waals surface area contributed by atoms with Crippen molar-refractivity contribution in [2.24, 2.45) is 0 Å². The Morgan fingerprint density at radius 3 is 2.33 bits per heavy atom. The molecule has 0 aromatic heterocycles. The van der Waals surface area contributed by atoms with Crippen LogP contribution in [0.15, 0.2) is 24.3 Å². The largest absolute Gasteiger partial charge is 0.337 e. The first-order valence-electron chi connectivity index (χ1n) is 6.00. The summed E-state index contributed by atoms with van der Waals surface area (Å²) >= 11 is 0. The lowest BCUT2D eigenvalue weighted by molar-refractivity contribution is -0.970. The molecule has 1 fully saturated rings. The molecule has 2 nitrogen and oxygen atoms in total. The summed E-state index contributed by atoms with van der Waals surface area (Å²) in [6, 6.07) is 9.67. The van der Waals surface area contributed by atoms with Gasteiger partial charge in [-0.3, -0.25) is 0 Å². The van der Waals surface area contributed by atoms with Crippen LogP contribution in [0.25, 0.3) is 0 Å². The first-order chi connectivity index (χ1) is 7.27. The molecule has 1 saturated heterocycles. The van der Waals surface area contributed by atoms with Crippen molar-refractivity contribution >= 4 is 0 Å². The summed E-state index contributed by atoms with van der Waals surface area (Å²) in [5.41, 5.74) is 2.84. The predicted octanol–water partition coefficient (Wildman–Crippen LogP) is -0.482. The van der Waals surface area contributed by atoms with Crippen molar-refractivity contribution in [1.29, 1.82) is 0 Å². The molecule has 1 heterocycles. The Labute approximate surface area is 92.3 Å². The summed E-state index contributed by atoms with van der Waals surface area (Å²) in [5, 5.41) is 2.42. The second kappa shape index (κ2) is 4.77. The maximum absolute atomic E-state index is 2.42. The molecule has 1 aromatic rings. The van der Waals surface area contributed by atoms with E-state index in [1.807, 2.05) is 0 Å². The molecule has 0 bridgehead atoms. The molecule has 0 saturated carbocycles. The lowest BCUT2D eigenvalue weighted by Crippen LogP contribution is -3.20. The Morgan fingerprint density at radius 2 is 1.73 bits per heavy atom. The summed E-state index contributed by atoms with van der Waals surface area (Å²) < 4.78 is 0. The van der Waals surface area contributed by atoms with Crippen molar-refractivity contribution in [3.05, 3.63) is 35.4 Å². The molecule has 82 valence electrons. The Morgan fingerprint density at radius 1 is 1.13 bits per heavy atom. The highest BCUT2D eigenvalue weighted by Gasteiger charge is 2.22. The van der Waals surface area contributed by atoms with Crippen LogP contribution in [0.3, 0.4) is 0 Å². The average molecular weight is 206 g/mol. The van der Waals surface area contributed by atoms with E-state index in [2.05, 4.69) is 43.4 Å². The van der Waals surface area contributed by atoms with Gasteiger partial charge in [0.1, 0.15) is 32.2 Å². The van der Waals surface area contributed by atoms with Gasteiger partial charge >= 0.3 is 0 Å². The van der Waals surface area contributed by atoms with E-state index in [9.17, 15) is 0 Å². The second-order valence-corrected chi connectivity index (χ2v) is 4.66. The van der Waals surface area contributed by atoms with Gasteiger partial charge in [0.05, 0.1) is 0 Å². The van der Waals surface area contributed by atoms with Gasteiger partial charge in [-0.25, -0.2) is 0 Å². The number of quaternary nitrogens is 2. The summed E-state index contributed by atoms with van der Waals surface area (Å²) in [6.45, 7) is 9.67. The Hall–Kier alpha value is -0.860. The smallest absolute Gasteiger partial charge is 0.127 e. The van der Waals surface area contributed by atoms with Crippen LogP contribution in [-0.4, -0.2) is 26.2 Å².